The molecule has 0 aliphatic rings. The van der Waals surface area contributed by atoms with Crippen molar-refractivity contribution in [3.8, 4) is 0 Å². The van der Waals surface area contributed by atoms with Gasteiger partial charge in [-0.2, -0.15) is 5.10 Å². The lowest BCUT2D eigenvalue weighted by molar-refractivity contribution is -0.140. The minimum absolute atomic E-state index is 0.287. The summed E-state index contributed by atoms with van der Waals surface area (Å²) in [6.07, 6.45) is 0.287. The molecule has 74 valence electrons. The van der Waals surface area contributed by atoms with Gasteiger partial charge in [-0.05, 0) is 6.92 Å². The number of carbonyl (C=O) groups excluding carboxylic acids is 1. The molecule has 0 saturated heterocycles. The molecule has 0 aliphatic carbocycles. The Kier molecular flexibility index (Phi) is 4.50. The largest absolute Gasteiger partial charge is 0.481 e. The maximum atomic E-state index is 10.4. The van der Waals surface area contributed by atoms with Crippen LogP contribution in [0.3, 0.4) is 0 Å². The standard InChI is InChI=1S/C7H13N3O3/c1-4(6(11)12)3-5(2)9-10-7(8)13/h4H,3H2,1-2H3,(H,11,12)(H3,8,10,13)/b9-5-/t4-/m0/s1. The summed E-state index contributed by atoms with van der Waals surface area (Å²) < 4.78 is 0. The lowest BCUT2D eigenvalue weighted by Gasteiger charge is -2.04. The second-order valence-corrected chi connectivity index (χ2v) is 2.77. The van der Waals surface area contributed by atoms with Crippen molar-refractivity contribution in [2.24, 2.45) is 16.8 Å². The van der Waals surface area contributed by atoms with Gasteiger partial charge in [0.25, 0.3) is 0 Å². The third-order valence-corrected chi connectivity index (χ3v) is 1.38. The molecule has 0 aliphatic heterocycles. The summed E-state index contributed by atoms with van der Waals surface area (Å²) in [5.41, 5.74) is 7.30. The number of carboxylic acids is 1. The van der Waals surface area contributed by atoms with Gasteiger partial charge in [-0.25, -0.2) is 10.2 Å². The van der Waals surface area contributed by atoms with Gasteiger partial charge in [0.2, 0.25) is 0 Å². The molecule has 0 unspecified atom stereocenters. The molecule has 1 atom stereocenters. The number of hydrogen-bond acceptors (Lipinski definition) is 3. The lowest BCUT2D eigenvalue weighted by Crippen LogP contribution is -2.26. The number of nitrogens with two attached hydrogens (primary N) is 1. The van der Waals surface area contributed by atoms with Crippen LogP contribution in [-0.2, 0) is 4.79 Å². The Morgan fingerprint density at radius 2 is 2.15 bits per heavy atom. The van der Waals surface area contributed by atoms with E-state index in [-0.39, 0.29) is 6.42 Å². The third kappa shape index (κ3) is 5.66. The van der Waals surface area contributed by atoms with Crippen molar-refractivity contribution in [3.05, 3.63) is 0 Å². The second kappa shape index (κ2) is 5.13. The highest BCUT2D eigenvalue weighted by atomic mass is 16.4. The van der Waals surface area contributed by atoms with Crippen molar-refractivity contribution < 1.29 is 14.7 Å². The molecular weight excluding hydrogens is 174 g/mol. The number of hydrogen-bond donors (Lipinski definition) is 3. The molecule has 0 aromatic rings. The van der Waals surface area contributed by atoms with Crippen molar-refractivity contribution in [2.45, 2.75) is 20.3 Å². The summed E-state index contributed by atoms with van der Waals surface area (Å²) in [6, 6.07) is -0.762. The maximum Gasteiger partial charge on any atom is 0.332 e. The van der Waals surface area contributed by atoms with Gasteiger partial charge in [-0.1, -0.05) is 6.92 Å². The maximum absolute atomic E-state index is 10.4. The van der Waals surface area contributed by atoms with Gasteiger partial charge in [0.15, 0.2) is 0 Å². The van der Waals surface area contributed by atoms with Crippen LogP contribution in [0.15, 0.2) is 5.10 Å². The van der Waals surface area contributed by atoms with Crippen LogP contribution < -0.4 is 11.2 Å². The topological polar surface area (TPSA) is 105 Å². The van der Waals surface area contributed by atoms with Gasteiger partial charge in [0.1, 0.15) is 0 Å². The molecule has 2 amide bonds. The molecule has 0 heterocycles. The highest BCUT2D eigenvalue weighted by molar-refractivity contribution is 5.87. The van der Waals surface area contributed by atoms with E-state index in [9.17, 15) is 9.59 Å². The summed E-state index contributed by atoms with van der Waals surface area (Å²) in [7, 11) is 0. The summed E-state index contributed by atoms with van der Waals surface area (Å²) in [5, 5.41) is 12.1. The highest BCUT2D eigenvalue weighted by Gasteiger charge is 2.11. The molecule has 13 heavy (non-hydrogen) atoms. The molecule has 0 rings (SSSR count). The monoisotopic (exact) mass is 187 g/mol. The van der Waals surface area contributed by atoms with E-state index in [2.05, 4.69) is 5.10 Å². The zero-order chi connectivity index (χ0) is 10.4. The smallest absolute Gasteiger partial charge is 0.332 e. The van der Waals surface area contributed by atoms with Gasteiger partial charge >= 0.3 is 12.0 Å². The zero-order valence-corrected chi connectivity index (χ0v) is 7.57. The van der Waals surface area contributed by atoms with E-state index in [1.807, 2.05) is 5.43 Å². The Morgan fingerprint density at radius 3 is 2.54 bits per heavy atom. The van der Waals surface area contributed by atoms with Crippen LogP contribution in [0, 0.1) is 5.92 Å². The number of primary amides is 1. The number of urea groups is 1. The number of carboxylic acid groups (broad SMARTS) is 1. The van der Waals surface area contributed by atoms with Gasteiger partial charge in [0.05, 0.1) is 5.92 Å². The quantitative estimate of drug-likeness (QED) is 0.430. The predicted molar refractivity (Wildman–Crippen MR) is 47.2 cm³/mol. The van der Waals surface area contributed by atoms with Crippen molar-refractivity contribution in [3.63, 3.8) is 0 Å². The Balaban J connectivity index is 3.98. The Labute approximate surface area is 75.8 Å². The molecule has 0 spiro atoms. The molecule has 0 radical (unpaired) electrons. The van der Waals surface area contributed by atoms with E-state index in [0.717, 1.165) is 0 Å². The number of carbonyl (C=O) groups is 2. The first-order valence-electron chi connectivity index (χ1n) is 3.75. The van der Waals surface area contributed by atoms with E-state index in [1.54, 1.807) is 13.8 Å². The second-order valence-electron chi connectivity index (χ2n) is 2.77. The third-order valence-electron chi connectivity index (χ3n) is 1.38. The van der Waals surface area contributed by atoms with E-state index < -0.39 is 17.9 Å². The fourth-order valence-corrected chi connectivity index (χ4v) is 0.727. The van der Waals surface area contributed by atoms with E-state index in [4.69, 9.17) is 10.8 Å². The molecule has 6 heteroatoms. The van der Waals surface area contributed by atoms with Crippen molar-refractivity contribution in [1.29, 1.82) is 0 Å². The van der Waals surface area contributed by atoms with Crippen molar-refractivity contribution >= 4 is 17.7 Å². The molecule has 0 bridgehead atoms. The Morgan fingerprint density at radius 1 is 1.62 bits per heavy atom. The summed E-state index contributed by atoms with van der Waals surface area (Å²) in [6.45, 7) is 3.18. The predicted octanol–water partition coefficient (Wildman–Crippen LogP) is 0.141. The van der Waals surface area contributed by atoms with Gasteiger partial charge < -0.3 is 10.8 Å². The van der Waals surface area contributed by atoms with Gasteiger partial charge in [0, 0.05) is 12.1 Å². The normalized spacial score (nSPS) is 13.5. The molecular formula is C7H13N3O3. The number of nitrogens with zero attached hydrogens (tertiary/aromatic N) is 1. The number of nitrogens with one attached hydrogen (secondary N) is 1. The van der Waals surface area contributed by atoms with Crippen LogP contribution in [0.25, 0.3) is 0 Å². The molecule has 6 nitrogen and oxygen atoms in total. The highest BCUT2D eigenvalue weighted by Crippen LogP contribution is 2.02. The van der Waals surface area contributed by atoms with E-state index in [1.165, 1.54) is 0 Å². The van der Waals surface area contributed by atoms with Crippen molar-refractivity contribution in [1.82, 2.24) is 5.43 Å². The first-order chi connectivity index (χ1) is 5.93. The lowest BCUT2D eigenvalue weighted by atomic mass is 10.1. The number of hydrazone groups is 1. The molecule has 0 fully saturated rings. The minimum Gasteiger partial charge on any atom is -0.481 e. The Hall–Kier alpha value is -1.59. The SMILES string of the molecule is C/C(C[C@H](C)C(=O)O)=N/NC(N)=O. The van der Waals surface area contributed by atoms with E-state index in [0.29, 0.717) is 5.71 Å². The van der Waals surface area contributed by atoms with Crippen LogP contribution in [0.2, 0.25) is 0 Å². The summed E-state index contributed by atoms with van der Waals surface area (Å²) in [5.74, 6) is -1.41. The summed E-state index contributed by atoms with van der Waals surface area (Å²) >= 11 is 0. The zero-order valence-electron chi connectivity index (χ0n) is 7.57. The fraction of sp³-hybridized carbons (Fsp3) is 0.571. The summed E-state index contributed by atoms with van der Waals surface area (Å²) in [4.78, 5) is 20.6. The van der Waals surface area contributed by atoms with Crippen LogP contribution >= 0.6 is 0 Å². The average molecular weight is 187 g/mol. The van der Waals surface area contributed by atoms with Crippen LogP contribution in [-0.4, -0.2) is 22.8 Å². The van der Waals surface area contributed by atoms with Crippen molar-refractivity contribution in [2.75, 3.05) is 0 Å². The average Bonchev–Trinajstić information content (AvgIpc) is 2.00. The molecule has 0 saturated carbocycles. The van der Waals surface area contributed by atoms with E-state index >= 15 is 0 Å². The number of aliphatic carboxylic acids is 1. The molecule has 0 aromatic heterocycles. The molecule has 4 N–H and O–H groups in total. The van der Waals surface area contributed by atoms with Crippen LogP contribution in [0.1, 0.15) is 20.3 Å². The first-order valence-corrected chi connectivity index (χ1v) is 3.75. The minimum atomic E-state index is -0.895. The Bertz CT molecular complexity index is 237. The van der Waals surface area contributed by atoms with Crippen LogP contribution in [0.4, 0.5) is 4.79 Å². The molecule has 0 aromatic carbocycles. The first kappa shape index (κ1) is 11.4. The van der Waals surface area contributed by atoms with Gasteiger partial charge in [-0.3, -0.25) is 4.79 Å². The van der Waals surface area contributed by atoms with Gasteiger partial charge in [-0.15, -0.1) is 0 Å². The van der Waals surface area contributed by atoms with Crippen LogP contribution in [0.5, 0.6) is 0 Å². The number of amides is 2. The fourth-order valence-electron chi connectivity index (χ4n) is 0.727. The number of rotatable bonds is 4.